The van der Waals surface area contributed by atoms with Crippen LogP contribution in [-0.2, 0) is 4.74 Å². The van der Waals surface area contributed by atoms with Crippen LogP contribution in [0.3, 0.4) is 0 Å². The van der Waals surface area contributed by atoms with Crippen molar-refractivity contribution >= 4 is 34.8 Å². The summed E-state index contributed by atoms with van der Waals surface area (Å²) < 4.78 is 10.9. The highest BCUT2D eigenvalue weighted by molar-refractivity contribution is 7.80. The number of nitrogens with one attached hydrogen (secondary N) is 2. The van der Waals surface area contributed by atoms with Crippen molar-refractivity contribution in [2.24, 2.45) is 5.92 Å². The first-order valence-corrected chi connectivity index (χ1v) is 10.7. The van der Waals surface area contributed by atoms with E-state index in [1.807, 2.05) is 0 Å². The zero-order valence-corrected chi connectivity index (χ0v) is 18.5. The van der Waals surface area contributed by atoms with Crippen LogP contribution < -0.4 is 15.4 Å². The van der Waals surface area contributed by atoms with Crippen LogP contribution in [0.2, 0.25) is 0 Å². The molecule has 0 bridgehead atoms. The normalized spacial score (nSPS) is 13.6. The minimum Gasteiger partial charge on any atom is -0.493 e. The van der Waals surface area contributed by atoms with Gasteiger partial charge in [0.2, 0.25) is 0 Å². The minimum atomic E-state index is -0.326. The molecule has 0 spiro atoms. The second-order valence-electron chi connectivity index (χ2n) is 7.62. The summed E-state index contributed by atoms with van der Waals surface area (Å²) in [6.07, 6.45) is 0. The van der Waals surface area contributed by atoms with Crippen molar-refractivity contribution in [3.05, 3.63) is 59.7 Å². The first-order chi connectivity index (χ1) is 14.9. The van der Waals surface area contributed by atoms with E-state index in [-0.39, 0.29) is 16.9 Å². The highest BCUT2D eigenvalue weighted by Gasteiger charge is 2.18. The van der Waals surface area contributed by atoms with E-state index >= 15 is 0 Å². The number of hydrogen-bond acceptors (Lipinski definition) is 5. The Hall–Kier alpha value is -2.97. The van der Waals surface area contributed by atoms with Crippen molar-refractivity contribution in [3.63, 3.8) is 0 Å². The van der Waals surface area contributed by atoms with Crippen LogP contribution in [0.5, 0.6) is 5.75 Å². The summed E-state index contributed by atoms with van der Waals surface area (Å²) in [5.74, 6) is 0.761. The van der Waals surface area contributed by atoms with Crippen molar-refractivity contribution in [3.8, 4) is 5.75 Å². The van der Waals surface area contributed by atoms with Crippen molar-refractivity contribution in [1.82, 2.24) is 10.2 Å². The molecule has 0 aromatic heterocycles. The van der Waals surface area contributed by atoms with E-state index in [2.05, 4.69) is 24.5 Å². The molecule has 8 heteroatoms. The molecule has 1 saturated heterocycles. The minimum absolute atomic E-state index is 0.0540. The third-order valence-electron chi connectivity index (χ3n) is 4.59. The van der Waals surface area contributed by atoms with Crippen LogP contribution in [0.25, 0.3) is 0 Å². The molecular formula is C23H27N3O4S. The molecule has 0 saturated carbocycles. The third-order valence-corrected chi connectivity index (χ3v) is 4.80. The quantitative estimate of drug-likeness (QED) is 0.670. The summed E-state index contributed by atoms with van der Waals surface area (Å²) in [7, 11) is 0. The highest BCUT2D eigenvalue weighted by atomic mass is 32.1. The smallest absolute Gasteiger partial charge is 0.257 e. The van der Waals surface area contributed by atoms with Gasteiger partial charge in [-0.1, -0.05) is 19.9 Å². The fourth-order valence-electron chi connectivity index (χ4n) is 2.98. The lowest BCUT2D eigenvalue weighted by molar-refractivity contribution is 0.0303. The molecule has 2 aromatic carbocycles. The summed E-state index contributed by atoms with van der Waals surface area (Å²) in [6, 6.07) is 13.9. The Labute approximate surface area is 187 Å². The number of thiocarbonyl (C=S) groups is 1. The monoisotopic (exact) mass is 441 g/mol. The van der Waals surface area contributed by atoms with Crippen LogP contribution in [0.1, 0.15) is 34.6 Å². The number of amides is 2. The second-order valence-corrected chi connectivity index (χ2v) is 8.03. The Kier molecular flexibility index (Phi) is 7.97. The lowest BCUT2D eigenvalue weighted by Gasteiger charge is -2.27. The van der Waals surface area contributed by atoms with E-state index in [0.29, 0.717) is 61.4 Å². The Morgan fingerprint density at radius 2 is 1.81 bits per heavy atom. The van der Waals surface area contributed by atoms with Gasteiger partial charge < -0.3 is 19.7 Å². The number of benzene rings is 2. The van der Waals surface area contributed by atoms with Crippen LogP contribution in [0.4, 0.5) is 5.69 Å². The number of anilines is 1. The van der Waals surface area contributed by atoms with Crippen LogP contribution in [-0.4, -0.2) is 54.7 Å². The number of nitrogens with zero attached hydrogens (tertiary/aromatic N) is 1. The van der Waals surface area contributed by atoms with Crippen LogP contribution in [0, 0.1) is 5.92 Å². The van der Waals surface area contributed by atoms with Gasteiger partial charge in [0.05, 0.1) is 19.8 Å². The van der Waals surface area contributed by atoms with Gasteiger partial charge in [0.1, 0.15) is 5.75 Å². The number of rotatable bonds is 6. The van der Waals surface area contributed by atoms with E-state index in [1.54, 1.807) is 53.4 Å². The molecule has 0 unspecified atom stereocenters. The second kappa shape index (κ2) is 10.9. The lowest BCUT2D eigenvalue weighted by atomic mass is 10.1. The third kappa shape index (κ3) is 6.77. The summed E-state index contributed by atoms with van der Waals surface area (Å²) in [5, 5.41) is 5.77. The molecule has 0 atom stereocenters. The zero-order chi connectivity index (χ0) is 22.2. The Balaban J connectivity index is 1.55. The highest BCUT2D eigenvalue weighted by Crippen LogP contribution is 2.15. The molecule has 0 aliphatic carbocycles. The summed E-state index contributed by atoms with van der Waals surface area (Å²) in [6.45, 7) is 7.01. The molecule has 3 rings (SSSR count). The maximum absolute atomic E-state index is 12.6. The molecule has 2 N–H and O–H groups in total. The van der Waals surface area contributed by atoms with Gasteiger partial charge in [0.15, 0.2) is 5.11 Å². The van der Waals surface area contributed by atoms with Gasteiger partial charge in [-0.15, -0.1) is 0 Å². The summed E-state index contributed by atoms with van der Waals surface area (Å²) >= 11 is 5.26. The Bertz CT molecular complexity index is 925. The van der Waals surface area contributed by atoms with Crippen molar-refractivity contribution < 1.29 is 19.1 Å². The van der Waals surface area contributed by atoms with Gasteiger partial charge in [0, 0.05) is 29.9 Å². The molecule has 1 aliphatic rings. The summed E-state index contributed by atoms with van der Waals surface area (Å²) in [5.41, 5.74) is 1.65. The zero-order valence-electron chi connectivity index (χ0n) is 17.7. The van der Waals surface area contributed by atoms with Gasteiger partial charge in [0.25, 0.3) is 11.8 Å². The Morgan fingerprint density at radius 1 is 1.10 bits per heavy atom. The average Bonchev–Trinajstić information content (AvgIpc) is 2.78. The van der Waals surface area contributed by atoms with E-state index < -0.39 is 0 Å². The maximum atomic E-state index is 12.6. The molecule has 7 nitrogen and oxygen atoms in total. The fraction of sp³-hybridized carbons (Fsp3) is 0.348. The van der Waals surface area contributed by atoms with E-state index in [4.69, 9.17) is 21.7 Å². The molecule has 2 aromatic rings. The average molecular weight is 442 g/mol. The molecule has 1 heterocycles. The van der Waals surface area contributed by atoms with Crippen molar-refractivity contribution in [2.75, 3.05) is 38.2 Å². The number of hydrogen-bond donors (Lipinski definition) is 2. The SMILES string of the molecule is CC(C)COc1ccc(C(=O)NC(=S)Nc2cccc(C(=O)N3CCOCC3)c2)cc1. The first kappa shape index (κ1) is 22.7. The molecule has 2 amide bonds. The molecule has 0 radical (unpaired) electrons. The predicted octanol–water partition coefficient (Wildman–Crippen LogP) is 3.32. The summed E-state index contributed by atoms with van der Waals surface area (Å²) in [4.78, 5) is 26.9. The molecule has 1 aliphatic heterocycles. The largest absolute Gasteiger partial charge is 0.493 e. The molecule has 31 heavy (non-hydrogen) atoms. The van der Waals surface area contributed by atoms with Crippen LogP contribution in [0.15, 0.2) is 48.5 Å². The van der Waals surface area contributed by atoms with Gasteiger partial charge in [-0.25, -0.2) is 0 Å². The van der Waals surface area contributed by atoms with Gasteiger partial charge >= 0.3 is 0 Å². The maximum Gasteiger partial charge on any atom is 0.257 e. The fourth-order valence-corrected chi connectivity index (χ4v) is 3.19. The number of morpholine rings is 1. The number of ether oxygens (including phenoxy) is 2. The number of carbonyl (C=O) groups is 2. The van der Waals surface area contributed by atoms with Gasteiger partial charge in [-0.3, -0.25) is 14.9 Å². The standard InChI is InChI=1S/C23H27N3O4S/c1-16(2)15-30-20-8-6-17(7-9-20)21(27)25-23(31)24-19-5-3-4-18(14-19)22(28)26-10-12-29-13-11-26/h3-9,14,16H,10-13,15H2,1-2H3,(H2,24,25,27,31). The molecule has 1 fully saturated rings. The first-order valence-electron chi connectivity index (χ1n) is 10.2. The van der Waals surface area contributed by atoms with Gasteiger partial charge in [-0.05, 0) is 60.6 Å². The predicted molar refractivity (Wildman–Crippen MR) is 124 cm³/mol. The number of carbonyl (C=O) groups excluding carboxylic acids is 2. The topological polar surface area (TPSA) is 79.9 Å². The van der Waals surface area contributed by atoms with E-state index in [0.717, 1.165) is 0 Å². The van der Waals surface area contributed by atoms with Crippen molar-refractivity contribution in [1.29, 1.82) is 0 Å². The van der Waals surface area contributed by atoms with E-state index in [1.165, 1.54) is 0 Å². The van der Waals surface area contributed by atoms with E-state index in [9.17, 15) is 9.59 Å². The molecular weight excluding hydrogens is 414 g/mol. The van der Waals surface area contributed by atoms with Crippen LogP contribution >= 0.6 is 12.2 Å². The Morgan fingerprint density at radius 3 is 2.48 bits per heavy atom. The molecule has 164 valence electrons. The lowest BCUT2D eigenvalue weighted by Crippen LogP contribution is -2.40. The van der Waals surface area contributed by atoms with Gasteiger partial charge in [-0.2, -0.15) is 0 Å². The van der Waals surface area contributed by atoms with Crippen molar-refractivity contribution in [2.45, 2.75) is 13.8 Å².